The smallest absolute Gasteiger partial charge is 0.276 e. The van der Waals surface area contributed by atoms with Crippen LogP contribution in [0.1, 0.15) is 6.92 Å². The van der Waals surface area contributed by atoms with Crippen molar-refractivity contribution in [2.45, 2.75) is 6.92 Å². The minimum absolute atomic E-state index is 0.190. The normalized spacial score (nSPS) is 10.8. The van der Waals surface area contributed by atoms with Gasteiger partial charge in [0.15, 0.2) is 0 Å². The molecule has 0 fully saturated rings. The zero-order valence-corrected chi connectivity index (χ0v) is 13.9. The largest absolute Gasteiger partial charge is 0.494 e. The summed E-state index contributed by atoms with van der Waals surface area (Å²) in [5, 5.41) is 11.0. The Labute approximate surface area is 148 Å². The molecule has 0 amide bonds. The Morgan fingerprint density at radius 1 is 1.12 bits per heavy atom. The van der Waals surface area contributed by atoms with Crippen molar-refractivity contribution in [3.8, 4) is 40.0 Å². The van der Waals surface area contributed by atoms with E-state index in [1.165, 1.54) is 6.07 Å². The molecular formula is C19H15FN4O2. The van der Waals surface area contributed by atoms with E-state index in [0.717, 1.165) is 17.0 Å². The lowest BCUT2D eigenvalue weighted by Crippen LogP contribution is -1.90. The average Bonchev–Trinajstić information content (AvgIpc) is 3.33. The Balaban J connectivity index is 1.60. The van der Waals surface area contributed by atoms with Crippen molar-refractivity contribution in [2.75, 3.05) is 6.61 Å². The zero-order valence-electron chi connectivity index (χ0n) is 13.9. The predicted octanol–water partition coefficient (Wildman–Crippen LogP) is 4.33. The van der Waals surface area contributed by atoms with Gasteiger partial charge in [0, 0.05) is 5.56 Å². The standard InChI is InChI=1S/C19H15FN4O2/c1-2-25-13-9-7-12(8-10-13)16-11-17(23-22-16)19-21-18(24-26-19)14-5-3-4-6-15(14)20/h3-11H,2H2,1H3,(H,22,23). The second-order valence-corrected chi connectivity index (χ2v) is 5.53. The molecule has 2 aromatic carbocycles. The molecule has 0 spiro atoms. The van der Waals surface area contributed by atoms with Crippen molar-refractivity contribution >= 4 is 0 Å². The van der Waals surface area contributed by atoms with Gasteiger partial charge in [-0.1, -0.05) is 17.3 Å². The number of H-pyrrole nitrogens is 1. The number of benzene rings is 2. The van der Waals surface area contributed by atoms with Crippen LogP contribution in [0.3, 0.4) is 0 Å². The molecule has 0 saturated heterocycles. The molecule has 7 heteroatoms. The van der Waals surface area contributed by atoms with Gasteiger partial charge in [-0.05, 0) is 49.4 Å². The van der Waals surface area contributed by atoms with Crippen LogP contribution in [-0.2, 0) is 0 Å². The van der Waals surface area contributed by atoms with Crippen LogP contribution < -0.4 is 4.74 Å². The molecule has 130 valence electrons. The maximum absolute atomic E-state index is 13.8. The zero-order chi connectivity index (χ0) is 17.9. The molecule has 4 rings (SSSR count). The Morgan fingerprint density at radius 2 is 1.92 bits per heavy atom. The average molecular weight is 350 g/mol. The second-order valence-electron chi connectivity index (χ2n) is 5.53. The van der Waals surface area contributed by atoms with Gasteiger partial charge < -0.3 is 9.26 Å². The Kier molecular flexibility index (Phi) is 4.18. The summed E-state index contributed by atoms with van der Waals surface area (Å²) in [6.07, 6.45) is 0. The summed E-state index contributed by atoms with van der Waals surface area (Å²) in [4.78, 5) is 4.25. The number of rotatable bonds is 5. The molecule has 0 bridgehead atoms. The summed E-state index contributed by atoms with van der Waals surface area (Å²) < 4.78 is 24.5. The summed E-state index contributed by atoms with van der Waals surface area (Å²) in [7, 11) is 0. The van der Waals surface area contributed by atoms with Crippen LogP contribution in [0.5, 0.6) is 5.75 Å². The number of hydrogen-bond donors (Lipinski definition) is 1. The van der Waals surface area contributed by atoms with Gasteiger partial charge in [-0.25, -0.2) is 4.39 Å². The molecular weight excluding hydrogens is 335 g/mol. The Hall–Kier alpha value is -3.48. The van der Waals surface area contributed by atoms with Gasteiger partial charge in [0.1, 0.15) is 17.3 Å². The van der Waals surface area contributed by atoms with Gasteiger partial charge in [-0.3, -0.25) is 5.10 Å². The van der Waals surface area contributed by atoms with Crippen LogP contribution >= 0.6 is 0 Å². The number of hydrogen-bond acceptors (Lipinski definition) is 5. The lowest BCUT2D eigenvalue weighted by Gasteiger charge is -2.02. The van der Waals surface area contributed by atoms with Crippen LogP contribution in [0.4, 0.5) is 4.39 Å². The molecule has 2 aromatic heterocycles. The van der Waals surface area contributed by atoms with Crippen LogP contribution in [0.15, 0.2) is 59.1 Å². The molecule has 0 atom stereocenters. The number of aromatic nitrogens is 4. The fourth-order valence-electron chi connectivity index (χ4n) is 2.55. The number of aromatic amines is 1. The molecule has 0 radical (unpaired) electrons. The van der Waals surface area contributed by atoms with Gasteiger partial charge in [-0.15, -0.1) is 0 Å². The third-order valence-corrected chi connectivity index (χ3v) is 3.81. The lowest BCUT2D eigenvalue weighted by molar-refractivity contribution is 0.340. The second kappa shape index (κ2) is 6.79. The van der Waals surface area contributed by atoms with E-state index in [1.807, 2.05) is 31.2 Å². The van der Waals surface area contributed by atoms with E-state index in [-0.39, 0.29) is 17.3 Å². The number of halogens is 1. The van der Waals surface area contributed by atoms with Crippen molar-refractivity contribution in [1.29, 1.82) is 0 Å². The molecule has 0 aliphatic rings. The predicted molar refractivity (Wildman–Crippen MR) is 93.9 cm³/mol. The van der Waals surface area contributed by atoms with E-state index in [0.29, 0.717) is 12.3 Å². The van der Waals surface area contributed by atoms with Crippen molar-refractivity contribution in [3.05, 3.63) is 60.4 Å². The van der Waals surface area contributed by atoms with Gasteiger partial charge in [0.2, 0.25) is 5.82 Å². The van der Waals surface area contributed by atoms with E-state index in [9.17, 15) is 4.39 Å². The topological polar surface area (TPSA) is 76.8 Å². The van der Waals surface area contributed by atoms with E-state index in [4.69, 9.17) is 9.26 Å². The summed E-state index contributed by atoms with van der Waals surface area (Å²) in [5.74, 6) is 0.834. The monoisotopic (exact) mass is 350 g/mol. The van der Waals surface area contributed by atoms with E-state index in [1.54, 1.807) is 24.3 Å². The molecule has 0 aliphatic heterocycles. The maximum atomic E-state index is 13.8. The van der Waals surface area contributed by atoms with Crippen molar-refractivity contribution < 1.29 is 13.7 Å². The maximum Gasteiger partial charge on any atom is 0.276 e. The molecule has 2 heterocycles. The highest BCUT2D eigenvalue weighted by molar-refractivity contribution is 5.66. The summed E-state index contributed by atoms with van der Waals surface area (Å²) in [5.41, 5.74) is 2.50. The van der Waals surface area contributed by atoms with Crippen molar-refractivity contribution in [3.63, 3.8) is 0 Å². The highest BCUT2D eigenvalue weighted by Crippen LogP contribution is 2.26. The molecule has 4 aromatic rings. The molecule has 0 aliphatic carbocycles. The first-order valence-electron chi connectivity index (χ1n) is 8.12. The highest BCUT2D eigenvalue weighted by Gasteiger charge is 2.16. The summed E-state index contributed by atoms with van der Waals surface area (Å²) >= 11 is 0. The third kappa shape index (κ3) is 3.06. The number of ether oxygens (including phenoxy) is 1. The Bertz CT molecular complexity index is 1020. The minimum Gasteiger partial charge on any atom is -0.494 e. The lowest BCUT2D eigenvalue weighted by atomic mass is 10.1. The SMILES string of the molecule is CCOc1ccc(-c2cc(-c3nc(-c4ccccc4F)no3)[nH]n2)cc1. The van der Waals surface area contributed by atoms with Gasteiger partial charge in [0.05, 0.1) is 17.9 Å². The van der Waals surface area contributed by atoms with Crippen LogP contribution in [-0.4, -0.2) is 26.9 Å². The van der Waals surface area contributed by atoms with Crippen molar-refractivity contribution in [1.82, 2.24) is 20.3 Å². The quantitative estimate of drug-likeness (QED) is 0.580. The van der Waals surface area contributed by atoms with E-state index >= 15 is 0 Å². The fourth-order valence-corrected chi connectivity index (χ4v) is 2.55. The van der Waals surface area contributed by atoms with Crippen LogP contribution in [0.2, 0.25) is 0 Å². The molecule has 0 unspecified atom stereocenters. The van der Waals surface area contributed by atoms with Gasteiger partial charge >= 0.3 is 0 Å². The van der Waals surface area contributed by atoms with Gasteiger partial charge in [0.25, 0.3) is 5.89 Å². The minimum atomic E-state index is -0.403. The highest BCUT2D eigenvalue weighted by atomic mass is 19.1. The van der Waals surface area contributed by atoms with E-state index in [2.05, 4.69) is 20.3 Å². The van der Waals surface area contributed by atoms with Gasteiger partial charge in [-0.2, -0.15) is 10.1 Å². The first-order valence-corrected chi connectivity index (χ1v) is 8.12. The van der Waals surface area contributed by atoms with Crippen LogP contribution in [0.25, 0.3) is 34.2 Å². The first-order chi connectivity index (χ1) is 12.7. The summed E-state index contributed by atoms with van der Waals surface area (Å²) in [6, 6.07) is 15.7. The third-order valence-electron chi connectivity index (χ3n) is 3.81. The fraction of sp³-hybridized carbons (Fsp3) is 0.105. The molecule has 26 heavy (non-hydrogen) atoms. The summed E-state index contributed by atoms with van der Waals surface area (Å²) in [6.45, 7) is 2.56. The molecule has 0 saturated carbocycles. The molecule has 1 N–H and O–H groups in total. The van der Waals surface area contributed by atoms with Crippen molar-refractivity contribution in [2.24, 2.45) is 0 Å². The number of nitrogens with one attached hydrogen (secondary N) is 1. The molecule has 6 nitrogen and oxygen atoms in total. The van der Waals surface area contributed by atoms with E-state index < -0.39 is 5.82 Å². The Morgan fingerprint density at radius 3 is 2.69 bits per heavy atom. The first kappa shape index (κ1) is 16.0. The number of nitrogens with zero attached hydrogens (tertiary/aromatic N) is 3. The van der Waals surface area contributed by atoms with Crippen LogP contribution in [0, 0.1) is 5.82 Å².